The molecule has 2 aromatic rings. The lowest BCUT2D eigenvalue weighted by atomic mass is 9.76. The van der Waals surface area contributed by atoms with Gasteiger partial charge in [0.25, 0.3) is 0 Å². The number of hydrogen-bond donors (Lipinski definition) is 0. The molecule has 0 aromatic heterocycles. The van der Waals surface area contributed by atoms with Gasteiger partial charge in [0.1, 0.15) is 5.75 Å². The van der Waals surface area contributed by atoms with E-state index >= 15 is 0 Å². The Labute approximate surface area is 217 Å². The van der Waals surface area contributed by atoms with E-state index in [-0.39, 0.29) is 5.41 Å². The molecular weight excluding hydrogens is 446 g/mol. The van der Waals surface area contributed by atoms with Crippen LogP contribution >= 0.6 is 0 Å². The molecule has 0 radical (unpaired) electrons. The maximum atomic E-state index is 13.5. The summed E-state index contributed by atoms with van der Waals surface area (Å²) in [6.07, 6.45) is 3.01. The van der Waals surface area contributed by atoms with Gasteiger partial charge in [0.15, 0.2) is 0 Å². The van der Waals surface area contributed by atoms with E-state index in [1.807, 2.05) is 12.1 Å². The molecule has 0 saturated carbocycles. The molecule has 2 aromatic carbocycles. The van der Waals surface area contributed by atoms with Gasteiger partial charge in [0.05, 0.1) is 12.5 Å². The second-order valence-corrected chi connectivity index (χ2v) is 11.8. The Hall–Kier alpha value is -2.37. The van der Waals surface area contributed by atoms with Crippen molar-refractivity contribution in [2.24, 2.45) is 17.3 Å². The van der Waals surface area contributed by atoms with E-state index in [2.05, 4.69) is 71.0 Å². The largest absolute Gasteiger partial charge is 0.497 e. The molecular formula is C31H43N3O2. The van der Waals surface area contributed by atoms with Crippen molar-refractivity contribution in [2.45, 2.75) is 45.6 Å². The number of rotatable bonds is 8. The minimum absolute atomic E-state index is 0.138. The molecule has 0 aliphatic carbocycles. The number of nitrogens with zero attached hydrogens (tertiary/aromatic N) is 3. The fourth-order valence-corrected chi connectivity index (χ4v) is 6.84. The van der Waals surface area contributed by atoms with Gasteiger partial charge in [-0.15, -0.1) is 0 Å². The first-order valence-corrected chi connectivity index (χ1v) is 13.9. The maximum absolute atomic E-state index is 13.5. The fourth-order valence-electron chi connectivity index (χ4n) is 6.84. The molecule has 0 bridgehead atoms. The molecule has 1 amide bonds. The van der Waals surface area contributed by atoms with Crippen LogP contribution in [0.25, 0.3) is 0 Å². The molecule has 2 atom stereocenters. The molecule has 194 valence electrons. The zero-order valence-corrected chi connectivity index (χ0v) is 22.4. The Morgan fingerprint density at radius 2 is 1.61 bits per heavy atom. The van der Waals surface area contributed by atoms with E-state index in [1.165, 1.54) is 30.8 Å². The first kappa shape index (κ1) is 25.3. The van der Waals surface area contributed by atoms with Crippen LogP contribution in [0.15, 0.2) is 54.6 Å². The number of carbonyl (C=O) groups excluding carboxylic acids is 1. The number of amides is 1. The third-order valence-electron chi connectivity index (χ3n) is 8.81. The summed E-state index contributed by atoms with van der Waals surface area (Å²) in [5, 5.41) is 0. The zero-order chi connectivity index (χ0) is 25.1. The SMILES string of the molecule is COc1ccc(CN2CCC3(CCN(C[C@H]4CN(CC(C)C)CC4c4ccccc4)CC3)C2=O)cc1. The summed E-state index contributed by atoms with van der Waals surface area (Å²) in [7, 11) is 1.69. The Bertz CT molecular complexity index is 998. The fraction of sp³-hybridized carbons (Fsp3) is 0.581. The topological polar surface area (TPSA) is 36.0 Å². The van der Waals surface area contributed by atoms with E-state index in [4.69, 9.17) is 4.74 Å². The summed E-state index contributed by atoms with van der Waals surface area (Å²) in [5.74, 6) is 3.20. The first-order valence-electron chi connectivity index (χ1n) is 13.9. The van der Waals surface area contributed by atoms with Gasteiger partial charge < -0.3 is 19.4 Å². The Morgan fingerprint density at radius 3 is 2.28 bits per heavy atom. The van der Waals surface area contributed by atoms with Crippen molar-refractivity contribution < 1.29 is 9.53 Å². The van der Waals surface area contributed by atoms with Crippen LogP contribution in [-0.4, -0.2) is 73.5 Å². The standard InChI is InChI=1S/C31H43N3O2/c1-24(2)19-33-22-27(29(23-33)26-7-5-4-6-8-26)21-32-16-13-31(14-17-32)15-18-34(30(31)35)20-25-9-11-28(36-3)12-10-25/h4-12,24,27,29H,13-23H2,1-3H3/t27-,29?/m0/s1. The van der Waals surface area contributed by atoms with Crippen molar-refractivity contribution in [1.82, 2.24) is 14.7 Å². The lowest BCUT2D eigenvalue weighted by molar-refractivity contribution is -0.139. The molecule has 5 nitrogen and oxygen atoms in total. The van der Waals surface area contributed by atoms with Gasteiger partial charge in [0, 0.05) is 45.2 Å². The summed E-state index contributed by atoms with van der Waals surface area (Å²) in [6.45, 7) is 13.0. The Balaban J connectivity index is 1.18. The third-order valence-corrected chi connectivity index (χ3v) is 8.81. The number of carbonyl (C=O) groups is 1. The molecule has 3 saturated heterocycles. The summed E-state index contributed by atoms with van der Waals surface area (Å²) in [5.41, 5.74) is 2.53. The van der Waals surface area contributed by atoms with E-state index < -0.39 is 0 Å². The van der Waals surface area contributed by atoms with E-state index in [9.17, 15) is 4.79 Å². The van der Waals surface area contributed by atoms with Crippen LogP contribution in [0.2, 0.25) is 0 Å². The van der Waals surface area contributed by atoms with Crippen molar-refractivity contribution >= 4 is 5.91 Å². The minimum Gasteiger partial charge on any atom is -0.497 e. The highest BCUT2D eigenvalue weighted by Gasteiger charge is 2.48. The highest BCUT2D eigenvalue weighted by Crippen LogP contribution is 2.43. The second-order valence-electron chi connectivity index (χ2n) is 11.8. The molecule has 3 aliphatic heterocycles. The van der Waals surface area contributed by atoms with Gasteiger partial charge in [-0.1, -0.05) is 56.3 Å². The molecule has 3 fully saturated rings. The lowest BCUT2D eigenvalue weighted by Crippen LogP contribution is -2.46. The average molecular weight is 490 g/mol. The average Bonchev–Trinajstić information content (AvgIpc) is 3.42. The van der Waals surface area contributed by atoms with Gasteiger partial charge in [-0.25, -0.2) is 0 Å². The van der Waals surface area contributed by atoms with Crippen molar-refractivity contribution in [3.63, 3.8) is 0 Å². The van der Waals surface area contributed by atoms with Crippen molar-refractivity contribution in [3.8, 4) is 5.75 Å². The van der Waals surface area contributed by atoms with Crippen LogP contribution < -0.4 is 4.74 Å². The number of ether oxygens (including phenoxy) is 1. The second kappa shape index (κ2) is 10.9. The van der Waals surface area contributed by atoms with Crippen molar-refractivity contribution in [2.75, 3.05) is 52.9 Å². The van der Waals surface area contributed by atoms with E-state index in [0.29, 0.717) is 30.2 Å². The first-order chi connectivity index (χ1) is 17.5. The number of methoxy groups -OCH3 is 1. The van der Waals surface area contributed by atoms with Crippen LogP contribution in [0, 0.1) is 17.3 Å². The molecule has 1 unspecified atom stereocenters. The van der Waals surface area contributed by atoms with Crippen LogP contribution in [-0.2, 0) is 11.3 Å². The molecule has 5 heteroatoms. The predicted molar refractivity (Wildman–Crippen MR) is 145 cm³/mol. The summed E-state index contributed by atoms with van der Waals surface area (Å²) < 4.78 is 5.27. The maximum Gasteiger partial charge on any atom is 0.229 e. The molecule has 3 heterocycles. The summed E-state index contributed by atoms with van der Waals surface area (Å²) in [4.78, 5) is 20.9. The van der Waals surface area contributed by atoms with Gasteiger partial charge in [-0.05, 0) is 67.4 Å². The molecule has 1 spiro atoms. The van der Waals surface area contributed by atoms with E-state index in [1.54, 1.807) is 7.11 Å². The minimum atomic E-state index is -0.138. The smallest absolute Gasteiger partial charge is 0.229 e. The molecule has 36 heavy (non-hydrogen) atoms. The van der Waals surface area contributed by atoms with Crippen molar-refractivity contribution in [3.05, 3.63) is 65.7 Å². The summed E-state index contributed by atoms with van der Waals surface area (Å²) in [6, 6.07) is 19.3. The highest BCUT2D eigenvalue weighted by atomic mass is 16.5. The quantitative estimate of drug-likeness (QED) is 0.530. The highest BCUT2D eigenvalue weighted by molar-refractivity contribution is 5.85. The predicted octanol–water partition coefficient (Wildman–Crippen LogP) is 4.88. The Kier molecular flexibility index (Phi) is 7.68. The normalized spacial score (nSPS) is 24.8. The molecule has 0 N–H and O–H groups in total. The lowest BCUT2D eigenvalue weighted by Gasteiger charge is -2.39. The monoisotopic (exact) mass is 489 g/mol. The Morgan fingerprint density at radius 1 is 0.917 bits per heavy atom. The van der Waals surface area contributed by atoms with Gasteiger partial charge >= 0.3 is 0 Å². The van der Waals surface area contributed by atoms with Crippen molar-refractivity contribution in [1.29, 1.82) is 0 Å². The number of likely N-dealkylation sites (tertiary alicyclic amines) is 3. The van der Waals surface area contributed by atoms with Gasteiger partial charge in [0.2, 0.25) is 5.91 Å². The number of benzene rings is 2. The number of hydrogen-bond acceptors (Lipinski definition) is 4. The van der Waals surface area contributed by atoms with Gasteiger partial charge in [-0.2, -0.15) is 0 Å². The third kappa shape index (κ3) is 5.47. The van der Waals surface area contributed by atoms with Crippen LogP contribution in [0.5, 0.6) is 5.75 Å². The van der Waals surface area contributed by atoms with E-state index in [0.717, 1.165) is 51.2 Å². The van der Waals surface area contributed by atoms with Gasteiger partial charge in [-0.3, -0.25) is 4.79 Å². The van der Waals surface area contributed by atoms with Crippen LogP contribution in [0.1, 0.15) is 50.2 Å². The number of piperidine rings is 1. The summed E-state index contributed by atoms with van der Waals surface area (Å²) >= 11 is 0. The molecule has 5 rings (SSSR count). The molecule has 3 aliphatic rings. The van der Waals surface area contributed by atoms with Crippen LogP contribution in [0.3, 0.4) is 0 Å². The zero-order valence-electron chi connectivity index (χ0n) is 22.4. The van der Waals surface area contributed by atoms with Crippen LogP contribution in [0.4, 0.5) is 0 Å².